The van der Waals surface area contributed by atoms with E-state index in [-0.39, 0.29) is 6.54 Å². The van der Waals surface area contributed by atoms with Crippen LogP contribution in [0, 0.1) is 5.92 Å². The molecule has 2 rings (SSSR count). The van der Waals surface area contributed by atoms with Gasteiger partial charge in [-0.15, -0.1) is 5.06 Å². The summed E-state index contributed by atoms with van der Waals surface area (Å²) in [4.78, 5) is 27.9. The number of benzene rings is 1. The van der Waals surface area contributed by atoms with Crippen molar-refractivity contribution >= 4 is 11.9 Å². The van der Waals surface area contributed by atoms with Crippen molar-refractivity contribution in [2.24, 2.45) is 5.92 Å². The van der Waals surface area contributed by atoms with Gasteiger partial charge in [0.1, 0.15) is 12.2 Å². The summed E-state index contributed by atoms with van der Waals surface area (Å²) >= 11 is 0. The first-order valence-electron chi connectivity index (χ1n) is 5.91. The number of carboxylic acid groups (broad SMARTS) is 1. The molecule has 102 valence electrons. The Bertz CT molecular complexity index is 479. The first-order valence-corrected chi connectivity index (χ1v) is 5.91. The topological polar surface area (TPSA) is 66.8 Å². The van der Waals surface area contributed by atoms with E-state index in [4.69, 9.17) is 9.94 Å². The summed E-state index contributed by atoms with van der Waals surface area (Å²) in [5.41, 5.74) is 0.293. The zero-order chi connectivity index (χ0) is 14.0. The van der Waals surface area contributed by atoms with Crippen LogP contribution in [0.25, 0.3) is 0 Å². The van der Waals surface area contributed by atoms with E-state index in [1.807, 2.05) is 0 Å². The molecule has 1 fully saturated rings. The lowest BCUT2D eigenvalue weighted by atomic mass is 10.0. The van der Waals surface area contributed by atoms with Gasteiger partial charge in [-0.2, -0.15) is 0 Å². The standard InChI is InChI=1S/C13H14FNO4/c1-8-10(14)7-15(11(8)12(16)17)19-13(18)9-5-3-2-4-6-9/h2-6,8,10-11H,7H2,1H3,(H,16,17)/t8?,10?,11-/m0/s1. The molecule has 6 heteroatoms. The summed E-state index contributed by atoms with van der Waals surface area (Å²) in [6, 6.07) is 7.01. The van der Waals surface area contributed by atoms with E-state index in [1.54, 1.807) is 30.3 Å². The number of carboxylic acids is 1. The summed E-state index contributed by atoms with van der Waals surface area (Å²) < 4.78 is 13.5. The van der Waals surface area contributed by atoms with Crippen molar-refractivity contribution in [1.82, 2.24) is 5.06 Å². The summed E-state index contributed by atoms with van der Waals surface area (Å²) in [5, 5.41) is 9.97. The molecule has 1 N–H and O–H groups in total. The van der Waals surface area contributed by atoms with E-state index < -0.39 is 30.1 Å². The Hall–Kier alpha value is -1.95. The predicted octanol–water partition coefficient (Wildman–Crippen LogP) is 1.50. The molecular formula is C13H14FNO4. The molecule has 0 saturated carbocycles. The van der Waals surface area contributed by atoms with Gasteiger partial charge in [0, 0.05) is 5.92 Å². The van der Waals surface area contributed by atoms with Crippen LogP contribution in [0.15, 0.2) is 30.3 Å². The summed E-state index contributed by atoms with van der Waals surface area (Å²) in [7, 11) is 0. The second-order valence-electron chi connectivity index (χ2n) is 4.50. The highest BCUT2D eigenvalue weighted by atomic mass is 19.1. The van der Waals surface area contributed by atoms with E-state index in [0.29, 0.717) is 5.56 Å². The minimum absolute atomic E-state index is 0.225. The van der Waals surface area contributed by atoms with E-state index in [2.05, 4.69) is 0 Å². The zero-order valence-electron chi connectivity index (χ0n) is 10.3. The van der Waals surface area contributed by atoms with Crippen LogP contribution < -0.4 is 0 Å². The van der Waals surface area contributed by atoms with Crippen LogP contribution in [-0.4, -0.2) is 40.9 Å². The number of carbonyl (C=O) groups excluding carboxylic acids is 1. The van der Waals surface area contributed by atoms with Gasteiger partial charge in [-0.05, 0) is 12.1 Å². The molecule has 2 unspecified atom stereocenters. The molecule has 0 spiro atoms. The van der Waals surface area contributed by atoms with E-state index in [1.165, 1.54) is 6.92 Å². The average molecular weight is 267 g/mol. The lowest BCUT2D eigenvalue weighted by Gasteiger charge is -2.21. The Balaban J connectivity index is 2.10. The first-order chi connectivity index (χ1) is 9.00. The van der Waals surface area contributed by atoms with Crippen LogP contribution in [0.5, 0.6) is 0 Å². The SMILES string of the molecule is CC1C(F)CN(OC(=O)c2ccccc2)[C@@H]1C(=O)O. The van der Waals surface area contributed by atoms with Crippen LogP contribution in [0.2, 0.25) is 0 Å². The fraction of sp³-hybridized carbons (Fsp3) is 0.385. The lowest BCUT2D eigenvalue weighted by molar-refractivity contribution is -0.165. The van der Waals surface area contributed by atoms with Gasteiger partial charge in [0.15, 0.2) is 0 Å². The highest BCUT2D eigenvalue weighted by Crippen LogP contribution is 2.27. The van der Waals surface area contributed by atoms with Crippen LogP contribution in [0.4, 0.5) is 4.39 Å². The van der Waals surface area contributed by atoms with Crippen LogP contribution in [-0.2, 0) is 9.63 Å². The molecule has 1 aliphatic rings. The number of hydrogen-bond acceptors (Lipinski definition) is 4. The lowest BCUT2D eigenvalue weighted by Crippen LogP contribution is -2.40. The maximum absolute atomic E-state index is 13.5. The summed E-state index contributed by atoms with van der Waals surface area (Å²) in [6.45, 7) is 1.26. The molecule has 0 amide bonds. The quantitative estimate of drug-likeness (QED) is 0.899. The molecule has 19 heavy (non-hydrogen) atoms. The largest absolute Gasteiger partial charge is 0.480 e. The normalized spacial score (nSPS) is 27.2. The smallest absolute Gasteiger partial charge is 0.357 e. The van der Waals surface area contributed by atoms with Crippen LogP contribution >= 0.6 is 0 Å². The number of rotatable bonds is 3. The molecular weight excluding hydrogens is 253 g/mol. The monoisotopic (exact) mass is 267 g/mol. The third-order valence-electron chi connectivity index (χ3n) is 3.20. The maximum atomic E-state index is 13.5. The summed E-state index contributed by atoms with van der Waals surface area (Å²) in [5.74, 6) is -2.61. The molecule has 1 aromatic rings. The summed E-state index contributed by atoms with van der Waals surface area (Å²) in [6.07, 6.45) is -1.33. The van der Waals surface area contributed by atoms with Crippen LogP contribution in [0.3, 0.4) is 0 Å². The van der Waals surface area contributed by atoms with Gasteiger partial charge in [-0.25, -0.2) is 9.18 Å². The Morgan fingerprint density at radius 1 is 1.37 bits per heavy atom. The number of carbonyl (C=O) groups is 2. The van der Waals surface area contributed by atoms with Crippen molar-refractivity contribution in [3.63, 3.8) is 0 Å². The average Bonchev–Trinajstić information content (AvgIpc) is 2.65. The fourth-order valence-corrected chi connectivity index (χ4v) is 2.09. The predicted molar refractivity (Wildman–Crippen MR) is 64.0 cm³/mol. The Morgan fingerprint density at radius 2 is 2.00 bits per heavy atom. The molecule has 0 aliphatic carbocycles. The Labute approximate surface area is 109 Å². The van der Waals surface area contributed by atoms with E-state index in [9.17, 15) is 14.0 Å². The second-order valence-corrected chi connectivity index (χ2v) is 4.50. The number of hydrogen-bond donors (Lipinski definition) is 1. The van der Waals surface area contributed by atoms with Crippen molar-refractivity contribution in [3.05, 3.63) is 35.9 Å². The molecule has 0 radical (unpaired) electrons. The maximum Gasteiger partial charge on any atom is 0.357 e. The van der Waals surface area contributed by atoms with Gasteiger partial charge in [-0.3, -0.25) is 4.79 Å². The number of hydroxylamine groups is 2. The van der Waals surface area contributed by atoms with Gasteiger partial charge >= 0.3 is 11.9 Å². The molecule has 0 bridgehead atoms. The van der Waals surface area contributed by atoms with Crippen LogP contribution in [0.1, 0.15) is 17.3 Å². The third kappa shape index (κ3) is 2.73. The molecule has 5 nitrogen and oxygen atoms in total. The number of aliphatic carboxylic acids is 1. The van der Waals surface area contributed by atoms with Crippen molar-refractivity contribution in [1.29, 1.82) is 0 Å². The molecule has 1 saturated heterocycles. The number of alkyl halides is 1. The molecule has 3 atom stereocenters. The van der Waals surface area contributed by atoms with Crippen molar-refractivity contribution < 1.29 is 23.9 Å². The van der Waals surface area contributed by atoms with Gasteiger partial charge in [0.25, 0.3) is 0 Å². The van der Waals surface area contributed by atoms with E-state index >= 15 is 0 Å². The molecule has 0 aromatic heterocycles. The Kier molecular flexibility index (Phi) is 3.80. The second kappa shape index (κ2) is 5.36. The van der Waals surface area contributed by atoms with Gasteiger partial charge in [0.05, 0.1) is 12.1 Å². The van der Waals surface area contributed by atoms with Gasteiger partial charge in [-0.1, -0.05) is 25.1 Å². The minimum atomic E-state index is -1.33. The highest BCUT2D eigenvalue weighted by molar-refractivity contribution is 5.89. The van der Waals surface area contributed by atoms with Gasteiger partial charge in [0.2, 0.25) is 0 Å². The third-order valence-corrected chi connectivity index (χ3v) is 3.20. The molecule has 1 heterocycles. The first kappa shape index (κ1) is 13.5. The minimum Gasteiger partial charge on any atom is -0.480 e. The molecule has 1 aromatic carbocycles. The van der Waals surface area contributed by atoms with Gasteiger partial charge < -0.3 is 9.94 Å². The number of halogens is 1. The van der Waals surface area contributed by atoms with Crippen molar-refractivity contribution in [2.45, 2.75) is 19.1 Å². The Morgan fingerprint density at radius 3 is 2.58 bits per heavy atom. The highest BCUT2D eigenvalue weighted by Gasteiger charge is 2.46. The fourth-order valence-electron chi connectivity index (χ4n) is 2.09. The number of nitrogens with zero attached hydrogens (tertiary/aromatic N) is 1. The van der Waals surface area contributed by atoms with E-state index in [0.717, 1.165) is 5.06 Å². The van der Waals surface area contributed by atoms with Crippen molar-refractivity contribution in [2.75, 3.05) is 6.54 Å². The zero-order valence-corrected chi connectivity index (χ0v) is 10.3. The molecule has 1 aliphatic heterocycles. The van der Waals surface area contributed by atoms with Crippen molar-refractivity contribution in [3.8, 4) is 0 Å².